The number of carboxylic acid groups (broad SMARTS) is 1. The number of ether oxygens (including phenoxy) is 2. The fourth-order valence-corrected chi connectivity index (χ4v) is 3.37. The van der Waals surface area contributed by atoms with Crippen LogP contribution < -0.4 is 10.1 Å². The summed E-state index contributed by atoms with van der Waals surface area (Å²) in [6.07, 6.45) is -0.779. The molecule has 0 aliphatic carbocycles. The third-order valence-electron chi connectivity index (χ3n) is 4.58. The molecule has 1 heterocycles. The molecule has 3 aromatic rings. The molecule has 1 aromatic heterocycles. The molecular formula is C23H25ClN2O5. The normalized spacial score (nSPS) is 12.4. The second-order valence-corrected chi connectivity index (χ2v) is 8.59. The molecule has 0 radical (unpaired) electrons. The van der Waals surface area contributed by atoms with Crippen LogP contribution in [0, 0.1) is 0 Å². The van der Waals surface area contributed by atoms with Gasteiger partial charge in [0, 0.05) is 29.4 Å². The van der Waals surface area contributed by atoms with Gasteiger partial charge in [-0.1, -0.05) is 29.8 Å². The molecule has 1 amide bonds. The van der Waals surface area contributed by atoms with E-state index in [9.17, 15) is 14.7 Å². The van der Waals surface area contributed by atoms with Gasteiger partial charge in [0.05, 0.1) is 5.52 Å². The number of carboxylic acids is 1. The zero-order valence-corrected chi connectivity index (χ0v) is 18.6. The number of aliphatic carboxylic acids is 1. The standard InChI is InChI=1S/C23H25ClN2O5/c1-23(2,3)31-22(29)25-18(21(27)28)13-17-16-7-5-6-8-19(16)26(4)20(17)30-15-11-9-14(24)10-12-15/h5-12,18H,13H2,1-4H3,(H,25,29)(H,27,28). The van der Waals surface area contributed by atoms with Gasteiger partial charge in [-0.25, -0.2) is 9.59 Å². The van der Waals surface area contributed by atoms with E-state index < -0.39 is 23.7 Å². The van der Waals surface area contributed by atoms with Crippen LogP contribution in [0.15, 0.2) is 48.5 Å². The van der Waals surface area contributed by atoms with E-state index in [2.05, 4.69) is 5.32 Å². The molecule has 0 spiro atoms. The van der Waals surface area contributed by atoms with Gasteiger partial charge in [0.1, 0.15) is 17.4 Å². The van der Waals surface area contributed by atoms with Crippen LogP contribution >= 0.6 is 11.6 Å². The highest BCUT2D eigenvalue weighted by Gasteiger charge is 2.28. The second-order valence-electron chi connectivity index (χ2n) is 8.16. The number of hydrogen-bond acceptors (Lipinski definition) is 4. The number of nitrogens with one attached hydrogen (secondary N) is 1. The number of aryl methyl sites for hydroxylation is 1. The van der Waals surface area contributed by atoms with Crippen molar-refractivity contribution in [3.8, 4) is 11.6 Å². The average molecular weight is 445 g/mol. The predicted molar refractivity (Wildman–Crippen MR) is 119 cm³/mol. The molecule has 1 atom stereocenters. The topological polar surface area (TPSA) is 89.8 Å². The Morgan fingerprint density at radius 1 is 1.13 bits per heavy atom. The van der Waals surface area contributed by atoms with Crippen molar-refractivity contribution in [1.29, 1.82) is 0 Å². The van der Waals surface area contributed by atoms with Crippen molar-refractivity contribution in [2.75, 3.05) is 0 Å². The van der Waals surface area contributed by atoms with E-state index in [1.165, 1.54) is 0 Å². The summed E-state index contributed by atoms with van der Waals surface area (Å²) < 4.78 is 13.2. The lowest BCUT2D eigenvalue weighted by Crippen LogP contribution is -2.44. The predicted octanol–water partition coefficient (Wildman–Crippen LogP) is 5.14. The Hall–Kier alpha value is -3.19. The lowest BCUT2D eigenvalue weighted by molar-refractivity contribution is -0.139. The first kappa shape index (κ1) is 22.5. The zero-order chi connectivity index (χ0) is 22.8. The quantitative estimate of drug-likeness (QED) is 0.549. The van der Waals surface area contributed by atoms with Crippen molar-refractivity contribution < 1.29 is 24.2 Å². The summed E-state index contributed by atoms with van der Waals surface area (Å²) in [6.45, 7) is 5.14. The molecule has 0 aliphatic heterocycles. The van der Waals surface area contributed by atoms with Crippen LogP contribution in [0.25, 0.3) is 10.9 Å². The van der Waals surface area contributed by atoms with Crippen molar-refractivity contribution in [3.63, 3.8) is 0 Å². The third-order valence-corrected chi connectivity index (χ3v) is 4.83. The molecule has 1 unspecified atom stereocenters. The van der Waals surface area contributed by atoms with Crippen LogP contribution in [0.1, 0.15) is 26.3 Å². The van der Waals surface area contributed by atoms with E-state index in [1.807, 2.05) is 35.9 Å². The third kappa shape index (κ3) is 5.49. The van der Waals surface area contributed by atoms with Crippen LogP contribution in [0.4, 0.5) is 4.79 Å². The number of carbonyl (C=O) groups is 2. The molecule has 2 N–H and O–H groups in total. The summed E-state index contributed by atoms with van der Waals surface area (Å²) in [5.41, 5.74) is 0.800. The fraction of sp³-hybridized carbons (Fsp3) is 0.304. The summed E-state index contributed by atoms with van der Waals surface area (Å²) in [7, 11) is 1.84. The highest BCUT2D eigenvalue weighted by Crippen LogP contribution is 2.35. The number of carbonyl (C=O) groups excluding carboxylic acids is 1. The molecular weight excluding hydrogens is 420 g/mol. The fourth-order valence-electron chi connectivity index (χ4n) is 3.24. The Morgan fingerprint density at radius 3 is 2.39 bits per heavy atom. The van der Waals surface area contributed by atoms with Crippen molar-refractivity contribution in [2.24, 2.45) is 7.05 Å². The van der Waals surface area contributed by atoms with Crippen LogP contribution in [0.2, 0.25) is 5.02 Å². The van der Waals surface area contributed by atoms with Crippen LogP contribution in [0.3, 0.4) is 0 Å². The van der Waals surface area contributed by atoms with Crippen LogP contribution in [0.5, 0.6) is 11.6 Å². The minimum atomic E-state index is -1.20. The number of halogens is 1. The van der Waals surface area contributed by atoms with Crippen molar-refractivity contribution in [2.45, 2.75) is 38.8 Å². The molecule has 164 valence electrons. The number of benzene rings is 2. The minimum absolute atomic E-state index is 0.0128. The average Bonchev–Trinajstić information content (AvgIpc) is 2.93. The molecule has 0 aliphatic rings. The number of hydrogen-bond donors (Lipinski definition) is 2. The van der Waals surface area contributed by atoms with Gasteiger partial charge in [0.25, 0.3) is 0 Å². The summed E-state index contributed by atoms with van der Waals surface area (Å²) in [5.74, 6) is -0.125. The van der Waals surface area contributed by atoms with Gasteiger partial charge in [-0.15, -0.1) is 0 Å². The monoisotopic (exact) mass is 444 g/mol. The molecule has 3 rings (SSSR count). The maximum Gasteiger partial charge on any atom is 0.408 e. The van der Waals surface area contributed by atoms with Crippen molar-refractivity contribution in [3.05, 3.63) is 59.1 Å². The molecule has 0 saturated carbocycles. The summed E-state index contributed by atoms with van der Waals surface area (Å²) >= 11 is 5.96. The lowest BCUT2D eigenvalue weighted by atomic mass is 10.0. The molecule has 31 heavy (non-hydrogen) atoms. The summed E-state index contributed by atoms with van der Waals surface area (Å²) in [6, 6.07) is 13.3. The summed E-state index contributed by atoms with van der Waals surface area (Å²) in [5, 5.41) is 13.6. The van der Waals surface area contributed by atoms with Gasteiger partial charge in [-0.2, -0.15) is 0 Å². The Bertz CT molecular complexity index is 1100. The van der Waals surface area contributed by atoms with E-state index in [4.69, 9.17) is 21.1 Å². The van der Waals surface area contributed by atoms with E-state index in [0.717, 1.165) is 10.9 Å². The molecule has 2 aromatic carbocycles. The largest absolute Gasteiger partial charge is 0.480 e. The van der Waals surface area contributed by atoms with Gasteiger partial charge < -0.3 is 24.5 Å². The molecule has 0 saturated heterocycles. The Kier molecular flexibility index (Phi) is 6.45. The van der Waals surface area contributed by atoms with E-state index in [1.54, 1.807) is 45.0 Å². The van der Waals surface area contributed by atoms with Crippen molar-refractivity contribution >= 4 is 34.6 Å². The molecule has 0 bridgehead atoms. The minimum Gasteiger partial charge on any atom is -0.480 e. The van der Waals surface area contributed by atoms with Crippen molar-refractivity contribution in [1.82, 2.24) is 9.88 Å². The van der Waals surface area contributed by atoms with Gasteiger partial charge >= 0.3 is 12.1 Å². The second kappa shape index (κ2) is 8.89. The first-order valence-electron chi connectivity index (χ1n) is 9.77. The van der Waals surface area contributed by atoms with Gasteiger partial charge in [0.2, 0.25) is 5.88 Å². The molecule has 0 fully saturated rings. The summed E-state index contributed by atoms with van der Waals surface area (Å²) in [4.78, 5) is 24.1. The van der Waals surface area contributed by atoms with Gasteiger partial charge in [0.15, 0.2) is 0 Å². The van der Waals surface area contributed by atoms with Crippen LogP contribution in [-0.4, -0.2) is 33.4 Å². The number of nitrogens with zero attached hydrogens (tertiary/aromatic N) is 1. The lowest BCUT2D eigenvalue weighted by Gasteiger charge is -2.22. The number of para-hydroxylation sites is 1. The highest BCUT2D eigenvalue weighted by molar-refractivity contribution is 6.30. The van der Waals surface area contributed by atoms with E-state index in [0.29, 0.717) is 22.2 Å². The SMILES string of the molecule is Cn1c(Oc2ccc(Cl)cc2)c(CC(NC(=O)OC(C)(C)C)C(=O)O)c2ccccc21. The van der Waals surface area contributed by atoms with E-state index >= 15 is 0 Å². The number of fused-ring (bicyclic) bond motifs is 1. The number of amides is 1. The maximum absolute atomic E-state index is 12.2. The Morgan fingerprint density at radius 2 is 1.77 bits per heavy atom. The number of rotatable bonds is 6. The smallest absolute Gasteiger partial charge is 0.408 e. The van der Waals surface area contributed by atoms with E-state index in [-0.39, 0.29) is 6.42 Å². The number of aromatic nitrogens is 1. The molecule has 8 heteroatoms. The first-order chi connectivity index (χ1) is 14.5. The Labute approximate surface area is 185 Å². The highest BCUT2D eigenvalue weighted by atomic mass is 35.5. The van der Waals surface area contributed by atoms with Crippen LogP contribution in [-0.2, 0) is 23.0 Å². The zero-order valence-electron chi connectivity index (χ0n) is 17.8. The molecule has 7 nitrogen and oxygen atoms in total. The maximum atomic E-state index is 12.2. The number of alkyl carbamates (subject to hydrolysis) is 1. The van der Waals surface area contributed by atoms with Gasteiger partial charge in [-0.05, 0) is 51.1 Å². The first-order valence-corrected chi connectivity index (χ1v) is 10.1. The van der Waals surface area contributed by atoms with Gasteiger partial charge in [-0.3, -0.25) is 0 Å². The Balaban J connectivity index is 1.97.